The minimum Gasteiger partial charge on any atom is -0.478 e. The Labute approximate surface area is 77.5 Å². The van der Waals surface area contributed by atoms with Gasteiger partial charge in [0, 0.05) is 12.6 Å². The average molecular weight is 179 g/mol. The van der Waals surface area contributed by atoms with Crippen molar-refractivity contribution in [3.05, 3.63) is 11.8 Å². The molecule has 70 valence electrons. The predicted molar refractivity (Wildman–Crippen MR) is 50.4 cm³/mol. The summed E-state index contributed by atoms with van der Waals surface area (Å²) in [6, 6.07) is 3.70. The number of hydrogen-bond donors (Lipinski definition) is 1. The molecule has 0 fully saturated rings. The normalized spacial score (nSPS) is 9.62. The first kappa shape index (κ1) is 9.46. The Balaban J connectivity index is 3.16. The Kier molecular flexibility index (Phi) is 2.80. The number of anilines is 1. The van der Waals surface area contributed by atoms with Gasteiger partial charge in [-0.05, 0) is 13.8 Å². The second kappa shape index (κ2) is 3.85. The highest BCUT2D eigenvalue weighted by Gasteiger charge is 2.11. The van der Waals surface area contributed by atoms with Crippen molar-refractivity contribution < 1.29 is 4.74 Å². The molecule has 1 aromatic heterocycles. The van der Waals surface area contributed by atoms with Crippen LogP contribution < -0.4 is 10.5 Å². The summed E-state index contributed by atoms with van der Waals surface area (Å²) in [4.78, 5) is 0. The summed E-state index contributed by atoms with van der Waals surface area (Å²) in [5.74, 6) is 0.599. The zero-order valence-corrected chi connectivity index (χ0v) is 7.87. The smallest absolute Gasteiger partial charge is 0.218 e. The first-order chi connectivity index (χ1) is 6.24. The van der Waals surface area contributed by atoms with Gasteiger partial charge >= 0.3 is 0 Å². The van der Waals surface area contributed by atoms with E-state index in [1.54, 1.807) is 10.6 Å². The van der Waals surface area contributed by atoms with Crippen molar-refractivity contribution in [3.8, 4) is 11.9 Å². The van der Waals surface area contributed by atoms with Gasteiger partial charge in [-0.2, -0.15) is 5.26 Å². The molecule has 1 heterocycles. The van der Waals surface area contributed by atoms with Crippen LogP contribution in [0.5, 0.6) is 5.88 Å². The van der Waals surface area contributed by atoms with Gasteiger partial charge in [-0.1, -0.05) is 0 Å². The standard InChI is InChI=1S/C9H13N3O/c1-3-12-7(6-10)5-8(11)9(12)13-4-2/h5H,3-4,11H2,1-2H3. The van der Waals surface area contributed by atoms with Crippen molar-refractivity contribution in [1.29, 1.82) is 5.26 Å². The van der Waals surface area contributed by atoms with E-state index < -0.39 is 0 Å². The molecule has 13 heavy (non-hydrogen) atoms. The second-order valence-corrected chi connectivity index (χ2v) is 2.58. The molecule has 0 aliphatic rings. The van der Waals surface area contributed by atoms with Gasteiger partial charge < -0.3 is 15.0 Å². The van der Waals surface area contributed by atoms with Gasteiger partial charge in [-0.25, -0.2) is 0 Å². The summed E-state index contributed by atoms with van der Waals surface area (Å²) in [6.07, 6.45) is 0. The van der Waals surface area contributed by atoms with Crippen LogP contribution in [0.1, 0.15) is 19.5 Å². The minimum absolute atomic E-state index is 0.528. The molecule has 0 saturated carbocycles. The molecule has 1 rings (SSSR count). The molecule has 0 saturated heterocycles. The summed E-state index contributed by atoms with van der Waals surface area (Å²) in [6.45, 7) is 5.08. The van der Waals surface area contributed by atoms with Crippen LogP contribution >= 0.6 is 0 Å². The van der Waals surface area contributed by atoms with Gasteiger partial charge in [-0.3, -0.25) is 0 Å². The Morgan fingerprint density at radius 3 is 2.77 bits per heavy atom. The fourth-order valence-corrected chi connectivity index (χ4v) is 1.26. The van der Waals surface area contributed by atoms with Gasteiger partial charge in [-0.15, -0.1) is 0 Å². The number of ether oxygens (including phenoxy) is 1. The number of hydrogen-bond acceptors (Lipinski definition) is 3. The number of nitrogens with two attached hydrogens (primary N) is 1. The van der Waals surface area contributed by atoms with E-state index >= 15 is 0 Å². The largest absolute Gasteiger partial charge is 0.478 e. The van der Waals surface area contributed by atoms with Crippen LogP contribution in [0.15, 0.2) is 6.07 Å². The van der Waals surface area contributed by atoms with Gasteiger partial charge in [0.25, 0.3) is 0 Å². The average Bonchev–Trinajstić information content (AvgIpc) is 2.44. The lowest BCUT2D eigenvalue weighted by molar-refractivity contribution is 0.312. The molecular formula is C9H13N3O. The molecule has 0 spiro atoms. The summed E-state index contributed by atoms with van der Waals surface area (Å²) in [5, 5.41) is 8.77. The van der Waals surface area contributed by atoms with Gasteiger partial charge in [0.15, 0.2) is 0 Å². The SMILES string of the molecule is CCOc1c(N)cc(C#N)n1CC. The Hall–Kier alpha value is -1.63. The topological polar surface area (TPSA) is 64.0 Å². The number of aromatic nitrogens is 1. The highest BCUT2D eigenvalue weighted by molar-refractivity contribution is 5.55. The molecule has 0 unspecified atom stereocenters. The van der Waals surface area contributed by atoms with Gasteiger partial charge in [0.05, 0.1) is 12.3 Å². The lowest BCUT2D eigenvalue weighted by Crippen LogP contribution is -2.04. The van der Waals surface area contributed by atoms with Crippen molar-refractivity contribution in [1.82, 2.24) is 4.57 Å². The quantitative estimate of drug-likeness (QED) is 0.762. The molecule has 0 bridgehead atoms. The van der Waals surface area contributed by atoms with Gasteiger partial charge in [0.1, 0.15) is 11.8 Å². The minimum atomic E-state index is 0.528. The second-order valence-electron chi connectivity index (χ2n) is 2.58. The van der Waals surface area contributed by atoms with Crippen LogP contribution in [-0.2, 0) is 6.54 Å². The summed E-state index contributed by atoms with van der Waals surface area (Å²) >= 11 is 0. The number of nitrogen functional groups attached to an aromatic ring is 1. The summed E-state index contributed by atoms with van der Waals surface area (Å²) < 4.78 is 7.09. The molecule has 0 radical (unpaired) electrons. The molecule has 4 heteroatoms. The van der Waals surface area contributed by atoms with Crippen LogP contribution in [0, 0.1) is 11.3 Å². The van der Waals surface area contributed by atoms with Crippen LogP contribution in [0.4, 0.5) is 5.69 Å². The monoisotopic (exact) mass is 179 g/mol. The Morgan fingerprint density at radius 2 is 2.31 bits per heavy atom. The van der Waals surface area contributed by atoms with Crippen molar-refractivity contribution in [2.24, 2.45) is 0 Å². The first-order valence-corrected chi connectivity index (χ1v) is 4.26. The van der Waals surface area contributed by atoms with E-state index in [1.807, 2.05) is 13.8 Å². The van der Waals surface area contributed by atoms with Crippen LogP contribution in [-0.4, -0.2) is 11.2 Å². The van der Waals surface area contributed by atoms with Crippen molar-refractivity contribution in [2.75, 3.05) is 12.3 Å². The van der Waals surface area contributed by atoms with E-state index in [2.05, 4.69) is 6.07 Å². The fourth-order valence-electron chi connectivity index (χ4n) is 1.26. The highest BCUT2D eigenvalue weighted by Crippen LogP contribution is 2.25. The van der Waals surface area contributed by atoms with E-state index in [-0.39, 0.29) is 0 Å². The Morgan fingerprint density at radius 1 is 1.62 bits per heavy atom. The molecule has 0 aliphatic heterocycles. The maximum Gasteiger partial charge on any atom is 0.218 e. The lowest BCUT2D eigenvalue weighted by Gasteiger charge is -2.08. The molecule has 1 aromatic rings. The summed E-state index contributed by atoms with van der Waals surface area (Å²) in [7, 11) is 0. The van der Waals surface area contributed by atoms with Crippen LogP contribution in [0.25, 0.3) is 0 Å². The van der Waals surface area contributed by atoms with E-state index in [1.165, 1.54) is 0 Å². The molecule has 4 nitrogen and oxygen atoms in total. The maximum absolute atomic E-state index is 8.77. The number of nitrogens with zero attached hydrogens (tertiary/aromatic N) is 2. The molecular weight excluding hydrogens is 166 g/mol. The number of rotatable bonds is 3. The summed E-state index contributed by atoms with van der Waals surface area (Å²) in [5.41, 5.74) is 6.76. The predicted octanol–water partition coefficient (Wildman–Crippen LogP) is 1.36. The van der Waals surface area contributed by atoms with E-state index in [4.69, 9.17) is 15.7 Å². The molecule has 0 amide bonds. The maximum atomic E-state index is 8.77. The highest BCUT2D eigenvalue weighted by atomic mass is 16.5. The van der Waals surface area contributed by atoms with Crippen molar-refractivity contribution in [2.45, 2.75) is 20.4 Å². The van der Waals surface area contributed by atoms with Crippen LogP contribution in [0.2, 0.25) is 0 Å². The molecule has 0 aliphatic carbocycles. The zero-order valence-electron chi connectivity index (χ0n) is 7.87. The fraction of sp³-hybridized carbons (Fsp3) is 0.444. The van der Waals surface area contributed by atoms with E-state index in [0.29, 0.717) is 30.4 Å². The molecule has 0 aromatic carbocycles. The van der Waals surface area contributed by atoms with Crippen LogP contribution in [0.3, 0.4) is 0 Å². The van der Waals surface area contributed by atoms with Crippen molar-refractivity contribution >= 4 is 5.69 Å². The third kappa shape index (κ3) is 1.59. The lowest BCUT2D eigenvalue weighted by atomic mass is 10.4. The number of nitriles is 1. The van der Waals surface area contributed by atoms with E-state index in [9.17, 15) is 0 Å². The third-order valence-electron chi connectivity index (χ3n) is 1.79. The van der Waals surface area contributed by atoms with Crippen molar-refractivity contribution in [3.63, 3.8) is 0 Å². The van der Waals surface area contributed by atoms with Gasteiger partial charge in [0.2, 0.25) is 5.88 Å². The molecule has 2 N–H and O–H groups in total. The third-order valence-corrected chi connectivity index (χ3v) is 1.79. The first-order valence-electron chi connectivity index (χ1n) is 4.26. The Bertz CT molecular complexity index is 335. The molecule has 0 atom stereocenters. The van der Waals surface area contributed by atoms with E-state index in [0.717, 1.165) is 0 Å². The zero-order chi connectivity index (χ0) is 9.84.